The molecule has 0 aliphatic carbocycles. The highest BCUT2D eigenvalue weighted by atomic mass is 19.1. The third-order valence-electron chi connectivity index (χ3n) is 3.38. The van der Waals surface area contributed by atoms with E-state index in [4.69, 9.17) is 4.74 Å². The van der Waals surface area contributed by atoms with Crippen molar-refractivity contribution in [2.45, 2.75) is 19.8 Å². The molecule has 26 heavy (non-hydrogen) atoms. The molecule has 0 aromatic heterocycles. The van der Waals surface area contributed by atoms with Crippen molar-refractivity contribution in [1.29, 1.82) is 0 Å². The molecule has 2 rings (SSSR count). The standard InChI is InChI=1S/C19H19FN2O4/c1-13(23)21-16-7-9-17(10-8-16)22-18(24)12-26-19(25)11-4-14-2-5-15(20)6-3-14/h2-3,5-10H,4,11-12H2,1H3,(H,21,23)(H,22,24). The number of ether oxygens (including phenoxy) is 1. The van der Waals surface area contributed by atoms with Crippen molar-refractivity contribution in [3.8, 4) is 0 Å². The summed E-state index contributed by atoms with van der Waals surface area (Å²) in [6.07, 6.45) is 0.510. The molecule has 0 fully saturated rings. The van der Waals surface area contributed by atoms with E-state index in [-0.39, 0.29) is 18.1 Å². The van der Waals surface area contributed by atoms with E-state index in [0.29, 0.717) is 17.8 Å². The van der Waals surface area contributed by atoms with Crippen LogP contribution in [0.15, 0.2) is 48.5 Å². The third-order valence-corrected chi connectivity index (χ3v) is 3.38. The number of nitrogens with one attached hydrogen (secondary N) is 2. The van der Waals surface area contributed by atoms with Gasteiger partial charge in [-0.3, -0.25) is 14.4 Å². The Hall–Kier alpha value is -3.22. The average molecular weight is 358 g/mol. The van der Waals surface area contributed by atoms with E-state index in [1.165, 1.54) is 19.1 Å². The van der Waals surface area contributed by atoms with Crippen molar-refractivity contribution in [3.63, 3.8) is 0 Å². The van der Waals surface area contributed by atoms with Crippen molar-refractivity contribution < 1.29 is 23.5 Å². The molecule has 7 heteroatoms. The SMILES string of the molecule is CC(=O)Nc1ccc(NC(=O)COC(=O)CCc2ccc(F)cc2)cc1. The highest BCUT2D eigenvalue weighted by Gasteiger charge is 2.08. The lowest BCUT2D eigenvalue weighted by molar-refractivity contribution is -0.147. The maximum absolute atomic E-state index is 12.8. The lowest BCUT2D eigenvalue weighted by Gasteiger charge is -2.08. The van der Waals surface area contributed by atoms with E-state index in [1.807, 2.05) is 0 Å². The van der Waals surface area contributed by atoms with Crippen LogP contribution in [0.4, 0.5) is 15.8 Å². The van der Waals surface area contributed by atoms with Crippen LogP contribution in [0.5, 0.6) is 0 Å². The maximum atomic E-state index is 12.8. The van der Waals surface area contributed by atoms with Crippen molar-refractivity contribution in [1.82, 2.24) is 0 Å². The zero-order valence-corrected chi connectivity index (χ0v) is 14.3. The van der Waals surface area contributed by atoms with Gasteiger partial charge in [0.05, 0.1) is 0 Å². The Labute approximate surface area is 150 Å². The number of aryl methyl sites for hydroxylation is 1. The molecule has 0 spiro atoms. The zero-order valence-electron chi connectivity index (χ0n) is 14.3. The Balaban J connectivity index is 1.71. The number of rotatable bonds is 7. The first kappa shape index (κ1) is 19.1. The number of esters is 1. The molecule has 0 aliphatic heterocycles. The maximum Gasteiger partial charge on any atom is 0.306 e. The summed E-state index contributed by atoms with van der Waals surface area (Å²) in [6, 6.07) is 12.4. The lowest BCUT2D eigenvalue weighted by Crippen LogP contribution is -2.21. The molecule has 0 unspecified atom stereocenters. The lowest BCUT2D eigenvalue weighted by atomic mass is 10.1. The largest absolute Gasteiger partial charge is 0.456 e. The van der Waals surface area contributed by atoms with E-state index in [2.05, 4.69) is 10.6 Å². The van der Waals surface area contributed by atoms with Crippen molar-refractivity contribution in [2.24, 2.45) is 0 Å². The molecule has 6 nitrogen and oxygen atoms in total. The minimum Gasteiger partial charge on any atom is -0.456 e. The summed E-state index contributed by atoms with van der Waals surface area (Å²) in [5, 5.41) is 5.20. The van der Waals surface area contributed by atoms with Gasteiger partial charge in [0.2, 0.25) is 5.91 Å². The van der Waals surface area contributed by atoms with Gasteiger partial charge in [0, 0.05) is 24.7 Å². The minimum absolute atomic E-state index is 0.102. The summed E-state index contributed by atoms with van der Waals surface area (Å²) in [6.45, 7) is 1.01. The van der Waals surface area contributed by atoms with Crippen molar-refractivity contribution >= 4 is 29.2 Å². The fourth-order valence-electron chi connectivity index (χ4n) is 2.15. The second-order valence-electron chi connectivity index (χ2n) is 5.59. The number of carbonyl (C=O) groups is 3. The molecule has 2 aromatic rings. The molecular weight excluding hydrogens is 339 g/mol. The molecule has 0 heterocycles. The summed E-state index contributed by atoms with van der Waals surface area (Å²) in [4.78, 5) is 34.4. The van der Waals surface area contributed by atoms with E-state index in [1.54, 1.807) is 36.4 Å². The minimum atomic E-state index is -0.509. The number of anilines is 2. The van der Waals surface area contributed by atoms with Crippen LogP contribution in [0.1, 0.15) is 18.9 Å². The highest BCUT2D eigenvalue weighted by molar-refractivity contribution is 5.93. The summed E-state index contributed by atoms with van der Waals surface area (Å²) in [5.41, 5.74) is 1.95. The molecule has 2 N–H and O–H groups in total. The van der Waals surface area contributed by atoms with E-state index < -0.39 is 18.5 Å². The van der Waals surface area contributed by atoms with E-state index in [0.717, 1.165) is 5.56 Å². The molecule has 136 valence electrons. The summed E-state index contributed by atoms with van der Waals surface area (Å²) in [5.74, 6) is -1.50. The molecule has 2 aromatic carbocycles. The topological polar surface area (TPSA) is 84.5 Å². The van der Waals surface area contributed by atoms with Gasteiger partial charge in [-0.1, -0.05) is 12.1 Å². The van der Waals surface area contributed by atoms with Gasteiger partial charge in [0.25, 0.3) is 5.91 Å². The van der Waals surface area contributed by atoms with Gasteiger partial charge in [-0.05, 0) is 48.4 Å². The number of benzene rings is 2. The van der Waals surface area contributed by atoms with E-state index >= 15 is 0 Å². The number of hydrogen-bond acceptors (Lipinski definition) is 4. The van der Waals surface area contributed by atoms with Crippen LogP contribution in [0.3, 0.4) is 0 Å². The smallest absolute Gasteiger partial charge is 0.306 e. The van der Waals surface area contributed by atoms with Gasteiger partial charge in [-0.15, -0.1) is 0 Å². The van der Waals surface area contributed by atoms with Crippen LogP contribution in [-0.2, 0) is 25.5 Å². The van der Waals surface area contributed by atoms with Crippen LogP contribution < -0.4 is 10.6 Å². The Kier molecular flexibility index (Phi) is 6.84. The number of halogens is 1. The molecule has 2 amide bonds. The van der Waals surface area contributed by atoms with Crippen molar-refractivity contribution in [3.05, 3.63) is 59.9 Å². The summed E-state index contributed by atoms with van der Waals surface area (Å²) in [7, 11) is 0. The third kappa shape index (κ3) is 6.72. The molecule has 0 saturated carbocycles. The Morgan fingerprint density at radius 3 is 2.08 bits per heavy atom. The molecule has 0 aliphatic rings. The predicted molar refractivity (Wildman–Crippen MR) is 95.1 cm³/mol. The molecule has 0 atom stereocenters. The second-order valence-corrected chi connectivity index (χ2v) is 5.59. The number of amides is 2. The molecule has 0 saturated heterocycles. The number of carbonyl (C=O) groups excluding carboxylic acids is 3. The molecular formula is C19H19FN2O4. The van der Waals surface area contributed by atoms with Crippen molar-refractivity contribution in [2.75, 3.05) is 17.2 Å². The van der Waals surface area contributed by atoms with Crippen LogP contribution in [-0.4, -0.2) is 24.4 Å². The Bertz CT molecular complexity index is 773. The fourth-order valence-corrected chi connectivity index (χ4v) is 2.15. The second kappa shape index (κ2) is 9.31. The van der Waals surface area contributed by atoms with Crippen LogP contribution in [0.2, 0.25) is 0 Å². The summed E-state index contributed by atoms with van der Waals surface area (Å²) < 4.78 is 17.7. The normalized spacial score (nSPS) is 10.1. The van der Waals surface area contributed by atoms with Crippen LogP contribution in [0, 0.1) is 5.82 Å². The van der Waals surface area contributed by atoms with Gasteiger partial charge in [0.15, 0.2) is 6.61 Å². The zero-order chi connectivity index (χ0) is 18.9. The van der Waals surface area contributed by atoms with E-state index in [9.17, 15) is 18.8 Å². The van der Waals surface area contributed by atoms with Gasteiger partial charge in [-0.25, -0.2) is 4.39 Å². The van der Waals surface area contributed by atoms with Gasteiger partial charge >= 0.3 is 5.97 Å². The molecule has 0 radical (unpaired) electrons. The quantitative estimate of drug-likeness (QED) is 0.746. The Morgan fingerprint density at radius 2 is 1.50 bits per heavy atom. The first-order valence-electron chi connectivity index (χ1n) is 8.00. The molecule has 0 bridgehead atoms. The summed E-state index contributed by atoms with van der Waals surface area (Å²) >= 11 is 0. The monoisotopic (exact) mass is 358 g/mol. The average Bonchev–Trinajstić information content (AvgIpc) is 2.61. The first-order valence-corrected chi connectivity index (χ1v) is 8.00. The van der Waals surface area contributed by atoms with Gasteiger partial charge < -0.3 is 15.4 Å². The van der Waals surface area contributed by atoms with Crippen LogP contribution >= 0.6 is 0 Å². The Morgan fingerprint density at radius 1 is 0.923 bits per heavy atom. The van der Waals surface area contributed by atoms with Gasteiger partial charge in [0.1, 0.15) is 5.82 Å². The van der Waals surface area contributed by atoms with Gasteiger partial charge in [-0.2, -0.15) is 0 Å². The first-order chi connectivity index (χ1) is 12.4. The highest BCUT2D eigenvalue weighted by Crippen LogP contribution is 2.13. The number of hydrogen-bond donors (Lipinski definition) is 2. The predicted octanol–water partition coefficient (Wildman–Crippen LogP) is 2.90. The fraction of sp³-hybridized carbons (Fsp3) is 0.211. The van der Waals surface area contributed by atoms with Crippen LogP contribution in [0.25, 0.3) is 0 Å².